The third-order valence-corrected chi connectivity index (χ3v) is 4.28. The SMILES string of the molecule is NNC(Cc1cc(Br)cs1)c1cc(F)ccc1F. The molecule has 1 unspecified atom stereocenters. The van der Waals surface area contributed by atoms with Crippen LogP contribution in [0.4, 0.5) is 8.78 Å². The Hall–Kier alpha value is -0.820. The highest BCUT2D eigenvalue weighted by molar-refractivity contribution is 9.10. The third-order valence-electron chi connectivity index (χ3n) is 2.56. The van der Waals surface area contributed by atoms with Gasteiger partial charge in [0.15, 0.2) is 0 Å². The van der Waals surface area contributed by atoms with Crippen LogP contribution in [0.5, 0.6) is 0 Å². The Morgan fingerprint density at radius 2 is 2.11 bits per heavy atom. The van der Waals surface area contributed by atoms with E-state index in [9.17, 15) is 8.78 Å². The highest BCUT2D eigenvalue weighted by Crippen LogP contribution is 2.26. The summed E-state index contributed by atoms with van der Waals surface area (Å²) in [6, 6.07) is 4.86. The van der Waals surface area contributed by atoms with E-state index in [1.54, 1.807) is 0 Å². The molecule has 0 bridgehead atoms. The first kappa shape index (κ1) is 13.6. The van der Waals surface area contributed by atoms with E-state index in [4.69, 9.17) is 5.84 Å². The minimum Gasteiger partial charge on any atom is -0.271 e. The van der Waals surface area contributed by atoms with Crippen molar-refractivity contribution in [1.29, 1.82) is 0 Å². The van der Waals surface area contributed by atoms with Crippen molar-refractivity contribution < 1.29 is 8.78 Å². The van der Waals surface area contributed by atoms with E-state index in [-0.39, 0.29) is 5.56 Å². The second-order valence-corrected chi connectivity index (χ2v) is 5.73. The molecule has 0 radical (unpaired) electrons. The van der Waals surface area contributed by atoms with Crippen LogP contribution in [0.15, 0.2) is 34.1 Å². The van der Waals surface area contributed by atoms with Crippen molar-refractivity contribution in [3.8, 4) is 0 Å². The van der Waals surface area contributed by atoms with E-state index >= 15 is 0 Å². The summed E-state index contributed by atoms with van der Waals surface area (Å²) in [6.07, 6.45) is 0.507. The second-order valence-electron chi connectivity index (χ2n) is 3.82. The molecule has 1 atom stereocenters. The van der Waals surface area contributed by atoms with E-state index < -0.39 is 17.7 Å². The maximum atomic E-state index is 13.6. The molecule has 0 aliphatic carbocycles. The fourth-order valence-electron chi connectivity index (χ4n) is 1.70. The topological polar surface area (TPSA) is 38.0 Å². The Labute approximate surface area is 116 Å². The predicted octanol–water partition coefficient (Wildman–Crippen LogP) is 3.54. The van der Waals surface area contributed by atoms with Crippen molar-refractivity contribution in [3.05, 3.63) is 56.2 Å². The summed E-state index contributed by atoms with van der Waals surface area (Å²) >= 11 is 4.89. The van der Waals surface area contributed by atoms with Gasteiger partial charge in [-0.1, -0.05) is 0 Å². The van der Waals surface area contributed by atoms with Gasteiger partial charge in [0.1, 0.15) is 11.6 Å². The maximum absolute atomic E-state index is 13.6. The van der Waals surface area contributed by atoms with E-state index in [1.165, 1.54) is 17.4 Å². The summed E-state index contributed by atoms with van der Waals surface area (Å²) in [4.78, 5) is 1.04. The Morgan fingerprint density at radius 1 is 1.33 bits per heavy atom. The molecule has 3 N–H and O–H groups in total. The van der Waals surface area contributed by atoms with Gasteiger partial charge in [0.2, 0.25) is 0 Å². The van der Waals surface area contributed by atoms with Gasteiger partial charge in [-0.25, -0.2) is 8.78 Å². The van der Waals surface area contributed by atoms with Crippen molar-refractivity contribution in [1.82, 2.24) is 5.43 Å². The Kier molecular flexibility index (Phi) is 4.45. The minimum absolute atomic E-state index is 0.238. The van der Waals surface area contributed by atoms with Crippen molar-refractivity contribution in [3.63, 3.8) is 0 Å². The highest BCUT2D eigenvalue weighted by atomic mass is 79.9. The summed E-state index contributed by atoms with van der Waals surface area (Å²) < 4.78 is 27.8. The van der Waals surface area contributed by atoms with Crippen LogP contribution in [0.3, 0.4) is 0 Å². The number of thiophene rings is 1. The van der Waals surface area contributed by atoms with E-state index in [0.717, 1.165) is 21.5 Å². The van der Waals surface area contributed by atoms with Crippen LogP contribution in [-0.2, 0) is 6.42 Å². The van der Waals surface area contributed by atoms with Crippen molar-refractivity contribution in [2.24, 2.45) is 5.84 Å². The third kappa shape index (κ3) is 3.14. The fraction of sp³-hybridized carbons (Fsp3) is 0.167. The van der Waals surface area contributed by atoms with Gasteiger partial charge in [0, 0.05) is 26.7 Å². The van der Waals surface area contributed by atoms with Gasteiger partial charge in [-0.2, -0.15) is 0 Å². The van der Waals surface area contributed by atoms with Crippen molar-refractivity contribution in [2.75, 3.05) is 0 Å². The molecule has 2 nitrogen and oxygen atoms in total. The van der Waals surface area contributed by atoms with Gasteiger partial charge in [0.05, 0.1) is 6.04 Å². The lowest BCUT2D eigenvalue weighted by molar-refractivity contribution is 0.504. The molecule has 2 rings (SSSR count). The molecule has 6 heteroatoms. The molecule has 96 valence electrons. The molecule has 18 heavy (non-hydrogen) atoms. The average Bonchev–Trinajstić information content (AvgIpc) is 2.75. The van der Waals surface area contributed by atoms with Gasteiger partial charge in [0.25, 0.3) is 0 Å². The number of hydrazine groups is 1. The predicted molar refractivity (Wildman–Crippen MR) is 72.1 cm³/mol. The summed E-state index contributed by atoms with van der Waals surface area (Å²) in [5.41, 5.74) is 2.77. The zero-order valence-corrected chi connectivity index (χ0v) is 11.7. The minimum atomic E-state index is -0.473. The lowest BCUT2D eigenvalue weighted by atomic mass is 10.0. The number of benzene rings is 1. The molecule has 1 heterocycles. The molecule has 2 aromatic rings. The number of halogens is 3. The zero-order valence-electron chi connectivity index (χ0n) is 9.29. The summed E-state index contributed by atoms with van der Waals surface area (Å²) in [5, 5.41) is 1.94. The first-order chi connectivity index (χ1) is 8.60. The summed E-state index contributed by atoms with van der Waals surface area (Å²) in [5.74, 6) is 4.50. The molecule has 0 amide bonds. The van der Waals surface area contributed by atoms with Crippen LogP contribution < -0.4 is 11.3 Å². The molecule has 1 aromatic heterocycles. The Morgan fingerprint density at radius 3 is 2.72 bits per heavy atom. The number of hydrogen-bond donors (Lipinski definition) is 2. The lowest BCUT2D eigenvalue weighted by Gasteiger charge is -2.16. The summed E-state index contributed by atoms with van der Waals surface area (Å²) in [7, 11) is 0. The molecule has 0 fully saturated rings. The molecule has 0 aliphatic heterocycles. The first-order valence-electron chi connectivity index (χ1n) is 5.24. The first-order valence-corrected chi connectivity index (χ1v) is 6.91. The summed E-state index contributed by atoms with van der Waals surface area (Å²) in [6.45, 7) is 0. The smallest absolute Gasteiger partial charge is 0.128 e. The lowest BCUT2D eigenvalue weighted by Crippen LogP contribution is -2.30. The van der Waals surface area contributed by atoms with Crippen LogP contribution in [0.2, 0.25) is 0 Å². The van der Waals surface area contributed by atoms with Gasteiger partial charge < -0.3 is 0 Å². The second kappa shape index (κ2) is 5.88. The quantitative estimate of drug-likeness (QED) is 0.663. The van der Waals surface area contributed by atoms with E-state index in [2.05, 4.69) is 21.4 Å². The van der Waals surface area contributed by atoms with E-state index in [0.29, 0.717) is 6.42 Å². The van der Waals surface area contributed by atoms with Gasteiger partial charge in [-0.05, 0) is 40.2 Å². The maximum Gasteiger partial charge on any atom is 0.128 e. The van der Waals surface area contributed by atoms with Gasteiger partial charge in [-0.15, -0.1) is 11.3 Å². The van der Waals surface area contributed by atoms with Crippen LogP contribution >= 0.6 is 27.3 Å². The largest absolute Gasteiger partial charge is 0.271 e. The Balaban J connectivity index is 2.25. The molecule has 0 saturated heterocycles. The number of nitrogens with one attached hydrogen (secondary N) is 1. The highest BCUT2D eigenvalue weighted by Gasteiger charge is 2.16. The average molecular weight is 333 g/mol. The molecular weight excluding hydrogens is 322 g/mol. The number of hydrogen-bond acceptors (Lipinski definition) is 3. The standard InChI is InChI=1S/C12H11BrF2N2S/c13-7-3-9(18-6-7)5-12(17-16)10-4-8(14)1-2-11(10)15/h1-4,6,12,17H,5,16H2. The van der Waals surface area contributed by atoms with Crippen molar-refractivity contribution in [2.45, 2.75) is 12.5 Å². The van der Waals surface area contributed by atoms with Gasteiger partial charge in [-0.3, -0.25) is 11.3 Å². The van der Waals surface area contributed by atoms with Gasteiger partial charge >= 0.3 is 0 Å². The zero-order chi connectivity index (χ0) is 13.1. The number of rotatable bonds is 4. The molecule has 0 saturated carbocycles. The monoisotopic (exact) mass is 332 g/mol. The molecule has 1 aromatic carbocycles. The van der Waals surface area contributed by atoms with Crippen molar-refractivity contribution >= 4 is 27.3 Å². The molecule has 0 aliphatic rings. The Bertz CT molecular complexity index is 545. The molecule has 0 spiro atoms. The number of nitrogens with two attached hydrogens (primary N) is 1. The van der Waals surface area contributed by atoms with Crippen LogP contribution in [0.1, 0.15) is 16.5 Å². The van der Waals surface area contributed by atoms with E-state index in [1.807, 2.05) is 11.4 Å². The van der Waals surface area contributed by atoms with Crippen LogP contribution in [0, 0.1) is 11.6 Å². The normalized spacial score (nSPS) is 12.7. The fourth-order valence-corrected chi connectivity index (χ4v) is 3.20. The molecular formula is C12H11BrF2N2S. The van der Waals surface area contributed by atoms with Crippen LogP contribution in [0.25, 0.3) is 0 Å². The van der Waals surface area contributed by atoms with Crippen LogP contribution in [-0.4, -0.2) is 0 Å².